The number of hydrogen-bond acceptors (Lipinski definition) is 6. The topological polar surface area (TPSA) is 78.9 Å². The van der Waals surface area contributed by atoms with Crippen LogP contribution in [0.2, 0.25) is 0 Å². The van der Waals surface area contributed by atoms with Crippen LogP contribution in [0, 0.1) is 0 Å². The van der Waals surface area contributed by atoms with Crippen molar-refractivity contribution in [3.05, 3.63) is 24.3 Å². The summed E-state index contributed by atoms with van der Waals surface area (Å²) < 4.78 is 16.8. The largest absolute Gasteiger partial charge is 0.462 e. The Morgan fingerprint density at radius 1 is 0.306 bits per heavy atom. The Bertz CT molecular complexity index is 1000. The Kier molecular flexibility index (Phi) is 49.8. The van der Waals surface area contributed by atoms with Crippen molar-refractivity contribution in [2.24, 2.45) is 0 Å². The number of ether oxygens (including phenoxy) is 3. The van der Waals surface area contributed by atoms with Crippen molar-refractivity contribution in [2.45, 2.75) is 303 Å². The molecule has 0 aromatic carbocycles. The maximum absolute atomic E-state index is 12.8. The summed E-state index contributed by atoms with van der Waals surface area (Å²) >= 11 is 0. The molecule has 0 fully saturated rings. The van der Waals surface area contributed by atoms with Crippen LogP contribution in [0.15, 0.2) is 24.3 Å². The molecule has 0 aromatic heterocycles. The number of carbonyl (C=O) groups is 3. The van der Waals surface area contributed by atoms with Gasteiger partial charge in [-0.05, 0) is 70.6 Å². The fraction of sp³-hybridized carbons (Fsp3) is 0.875. The first kappa shape index (κ1) is 59.9. The predicted octanol–water partition coefficient (Wildman–Crippen LogP) is 17.9. The third-order valence-electron chi connectivity index (χ3n) is 12.2. The van der Waals surface area contributed by atoms with E-state index in [2.05, 4.69) is 45.1 Å². The molecular weight excluding hydrogens is 769 g/mol. The Morgan fingerprint density at radius 2 is 0.532 bits per heavy atom. The maximum atomic E-state index is 12.8. The zero-order valence-electron chi connectivity index (χ0n) is 41.7. The van der Waals surface area contributed by atoms with Crippen LogP contribution in [0.25, 0.3) is 0 Å². The Balaban J connectivity index is 4.36. The molecule has 62 heavy (non-hydrogen) atoms. The van der Waals surface area contributed by atoms with Crippen molar-refractivity contribution in [1.29, 1.82) is 0 Å². The molecule has 0 saturated carbocycles. The summed E-state index contributed by atoms with van der Waals surface area (Å²) in [5, 5.41) is 0. The van der Waals surface area contributed by atoms with Crippen LogP contribution in [-0.2, 0) is 28.6 Å². The summed E-state index contributed by atoms with van der Waals surface area (Å²) in [5.74, 6) is -0.875. The summed E-state index contributed by atoms with van der Waals surface area (Å²) in [7, 11) is 0. The molecule has 6 heteroatoms. The van der Waals surface area contributed by atoms with Gasteiger partial charge in [-0.2, -0.15) is 0 Å². The average molecular weight is 873 g/mol. The molecule has 0 aromatic rings. The van der Waals surface area contributed by atoms with Gasteiger partial charge in [-0.3, -0.25) is 14.4 Å². The lowest BCUT2D eigenvalue weighted by molar-refractivity contribution is -0.167. The molecule has 1 unspecified atom stereocenters. The second-order valence-electron chi connectivity index (χ2n) is 18.5. The minimum atomic E-state index is -0.774. The number of esters is 3. The molecule has 0 heterocycles. The van der Waals surface area contributed by atoms with Gasteiger partial charge in [0.25, 0.3) is 0 Å². The van der Waals surface area contributed by atoms with Crippen LogP contribution in [-0.4, -0.2) is 37.2 Å². The second kappa shape index (κ2) is 51.5. The molecule has 0 rings (SSSR count). The van der Waals surface area contributed by atoms with Gasteiger partial charge in [0.05, 0.1) is 0 Å². The van der Waals surface area contributed by atoms with E-state index in [0.29, 0.717) is 19.3 Å². The molecule has 0 amide bonds. The van der Waals surface area contributed by atoms with Crippen molar-refractivity contribution < 1.29 is 28.6 Å². The first-order chi connectivity index (χ1) is 30.5. The van der Waals surface area contributed by atoms with Crippen molar-refractivity contribution in [3.63, 3.8) is 0 Å². The van der Waals surface area contributed by atoms with E-state index in [9.17, 15) is 14.4 Å². The summed E-state index contributed by atoms with van der Waals surface area (Å²) in [5.41, 5.74) is 0. The number of allylic oxidation sites excluding steroid dienone is 4. The molecule has 0 saturated heterocycles. The lowest BCUT2D eigenvalue weighted by atomic mass is 10.0. The third-order valence-corrected chi connectivity index (χ3v) is 12.2. The number of rotatable bonds is 50. The summed E-state index contributed by atoms with van der Waals surface area (Å²) in [4.78, 5) is 38.0. The van der Waals surface area contributed by atoms with Crippen LogP contribution >= 0.6 is 0 Å². The van der Waals surface area contributed by atoms with E-state index in [4.69, 9.17) is 14.2 Å². The molecule has 0 spiro atoms. The van der Waals surface area contributed by atoms with Gasteiger partial charge < -0.3 is 14.2 Å². The van der Waals surface area contributed by atoms with E-state index < -0.39 is 6.10 Å². The van der Waals surface area contributed by atoms with E-state index in [1.165, 1.54) is 186 Å². The van der Waals surface area contributed by atoms with Gasteiger partial charge in [-0.25, -0.2) is 0 Å². The van der Waals surface area contributed by atoms with E-state index in [0.717, 1.165) is 70.6 Å². The molecule has 0 aliphatic heterocycles. The molecular formula is C56H104O6. The van der Waals surface area contributed by atoms with E-state index in [-0.39, 0.29) is 31.1 Å². The highest BCUT2D eigenvalue weighted by Crippen LogP contribution is 2.16. The molecule has 6 nitrogen and oxygen atoms in total. The lowest BCUT2D eigenvalue weighted by Gasteiger charge is -2.18. The van der Waals surface area contributed by atoms with Crippen LogP contribution in [0.5, 0.6) is 0 Å². The van der Waals surface area contributed by atoms with E-state index in [1.54, 1.807) is 0 Å². The summed E-state index contributed by atoms with van der Waals surface area (Å²) in [6.07, 6.45) is 58.7. The predicted molar refractivity (Wildman–Crippen MR) is 266 cm³/mol. The first-order valence-electron chi connectivity index (χ1n) is 27.3. The second-order valence-corrected chi connectivity index (χ2v) is 18.5. The third kappa shape index (κ3) is 48.9. The van der Waals surface area contributed by atoms with Gasteiger partial charge in [-0.15, -0.1) is 0 Å². The highest BCUT2D eigenvalue weighted by molar-refractivity contribution is 5.71. The highest BCUT2D eigenvalue weighted by Gasteiger charge is 2.19. The first-order valence-corrected chi connectivity index (χ1v) is 27.3. The molecule has 1 atom stereocenters. The van der Waals surface area contributed by atoms with Gasteiger partial charge >= 0.3 is 17.9 Å². The molecule has 0 aliphatic rings. The van der Waals surface area contributed by atoms with Gasteiger partial charge in [0.1, 0.15) is 13.2 Å². The standard InChI is InChI=1S/C56H104O6/c1-4-7-10-13-16-19-22-25-28-29-32-34-37-40-43-46-49-55(58)61-52-53(62-56(59)50-47-44-41-38-35-31-27-24-21-18-15-12-9-6-3)51-60-54(57)48-45-42-39-36-33-30-26-23-20-17-14-11-8-5-2/h24,27-29,53H,4-23,25-26,30-52H2,1-3H3/b27-24-,29-28-. The lowest BCUT2D eigenvalue weighted by Crippen LogP contribution is -2.30. The number of carbonyl (C=O) groups excluding carboxylic acids is 3. The quantitative estimate of drug-likeness (QED) is 0.0262. The Hall–Kier alpha value is -2.11. The fourth-order valence-electron chi connectivity index (χ4n) is 8.02. The van der Waals surface area contributed by atoms with Crippen molar-refractivity contribution in [1.82, 2.24) is 0 Å². The van der Waals surface area contributed by atoms with Gasteiger partial charge in [-0.1, -0.05) is 231 Å². The fourth-order valence-corrected chi connectivity index (χ4v) is 8.02. The van der Waals surface area contributed by atoms with Crippen molar-refractivity contribution in [3.8, 4) is 0 Å². The Labute approximate surface area is 385 Å². The summed E-state index contributed by atoms with van der Waals surface area (Å²) in [6, 6.07) is 0. The van der Waals surface area contributed by atoms with E-state index in [1.807, 2.05) is 0 Å². The van der Waals surface area contributed by atoms with Crippen LogP contribution < -0.4 is 0 Å². The van der Waals surface area contributed by atoms with E-state index >= 15 is 0 Å². The van der Waals surface area contributed by atoms with Crippen LogP contribution in [0.4, 0.5) is 0 Å². The highest BCUT2D eigenvalue weighted by atomic mass is 16.6. The van der Waals surface area contributed by atoms with Crippen molar-refractivity contribution >= 4 is 17.9 Å². The molecule has 0 radical (unpaired) electrons. The summed E-state index contributed by atoms with van der Waals surface area (Å²) in [6.45, 7) is 6.65. The van der Waals surface area contributed by atoms with Crippen LogP contribution in [0.1, 0.15) is 297 Å². The van der Waals surface area contributed by atoms with Gasteiger partial charge in [0, 0.05) is 19.3 Å². The molecule has 0 N–H and O–H groups in total. The Morgan fingerprint density at radius 3 is 0.806 bits per heavy atom. The SMILES string of the molecule is CCCCCCC/C=C\CCCCCCCC(=O)OC(COC(=O)CCCCCCC/C=C\CCCCCCCCC)COC(=O)CCCCCCCCCCCCCCCC. The number of unbranched alkanes of at least 4 members (excludes halogenated alkanes) is 35. The van der Waals surface area contributed by atoms with Gasteiger partial charge in [0.2, 0.25) is 0 Å². The van der Waals surface area contributed by atoms with Crippen LogP contribution in [0.3, 0.4) is 0 Å². The van der Waals surface area contributed by atoms with Crippen molar-refractivity contribution in [2.75, 3.05) is 13.2 Å². The zero-order valence-corrected chi connectivity index (χ0v) is 41.7. The monoisotopic (exact) mass is 873 g/mol. The molecule has 0 aliphatic carbocycles. The normalized spacial score (nSPS) is 12.1. The molecule has 364 valence electrons. The number of hydrogen-bond donors (Lipinski definition) is 0. The van der Waals surface area contributed by atoms with Gasteiger partial charge in [0.15, 0.2) is 6.10 Å². The minimum Gasteiger partial charge on any atom is -0.462 e. The zero-order chi connectivity index (χ0) is 45.1. The minimum absolute atomic E-state index is 0.0732. The smallest absolute Gasteiger partial charge is 0.306 e. The molecule has 0 bridgehead atoms. The maximum Gasteiger partial charge on any atom is 0.306 e. The average Bonchev–Trinajstić information content (AvgIpc) is 3.27.